The van der Waals surface area contributed by atoms with Gasteiger partial charge in [0.2, 0.25) is 0 Å². The van der Waals surface area contributed by atoms with Crippen LogP contribution in [0.4, 0.5) is 0 Å². The van der Waals surface area contributed by atoms with Gasteiger partial charge >= 0.3 is 0 Å². The summed E-state index contributed by atoms with van der Waals surface area (Å²) in [5, 5.41) is 8.64. The normalized spacial score (nSPS) is 28.0. The molecule has 1 amide bonds. The maximum absolute atomic E-state index is 13.1. The maximum atomic E-state index is 13.1. The van der Waals surface area contributed by atoms with E-state index in [9.17, 15) is 4.79 Å². The Bertz CT molecular complexity index is 929. The average molecular weight is 427 g/mol. The van der Waals surface area contributed by atoms with Crippen molar-refractivity contribution in [3.63, 3.8) is 0 Å². The van der Waals surface area contributed by atoms with Gasteiger partial charge in [-0.1, -0.05) is 5.21 Å². The fourth-order valence-corrected chi connectivity index (χ4v) is 5.02. The number of hydrogen-bond donors (Lipinski definition) is 0. The Kier molecular flexibility index (Phi) is 5.71. The molecule has 31 heavy (non-hydrogen) atoms. The van der Waals surface area contributed by atoms with E-state index in [-0.39, 0.29) is 18.1 Å². The van der Waals surface area contributed by atoms with Gasteiger partial charge in [0, 0.05) is 33.0 Å². The number of likely N-dealkylation sites (tertiary alicyclic amines) is 1. The van der Waals surface area contributed by atoms with Gasteiger partial charge in [-0.3, -0.25) is 4.79 Å². The van der Waals surface area contributed by atoms with Crippen molar-refractivity contribution < 1.29 is 14.3 Å². The van der Waals surface area contributed by atoms with Crippen LogP contribution in [-0.2, 0) is 16.1 Å². The minimum Gasteiger partial charge on any atom is -0.378 e. The van der Waals surface area contributed by atoms with Gasteiger partial charge in [0.15, 0.2) is 0 Å². The molecule has 1 aliphatic heterocycles. The van der Waals surface area contributed by atoms with Crippen molar-refractivity contribution in [3.8, 4) is 0 Å². The molecule has 2 aliphatic carbocycles. The lowest BCUT2D eigenvalue weighted by molar-refractivity contribution is -0.0375. The number of carbonyl (C=O) groups excluding carboxylic acids is 1. The lowest BCUT2D eigenvalue weighted by Crippen LogP contribution is -2.38. The second-order valence-electron chi connectivity index (χ2n) is 9.23. The molecule has 1 saturated heterocycles. The lowest BCUT2D eigenvalue weighted by Gasteiger charge is -2.37. The number of rotatable bonds is 7. The first-order valence-corrected chi connectivity index (χ1v) is 11.2. The van der Waals surface area contributed by atoms with Crippen molar-refractivity contribution in [2.45, 2.75) is 51.4 Å². The topological polar surface area (TPSA) is 95.3 Å². The van der Waals surface area contributed by atoms with Crippen molar-refractivity contribution in [1.82, 2.24) is 29.9 Å². The molecule has 0 spiro atoms. The minimum atomic E-state index is 0.0302. The van der Waals surface area contributed by atoms with Crippen molar-refractivity contribution in [2.75, 3.05) is 26.8 Å². The van der Waals surface area contributed by atoms with Crippen LogP contribution >= 0.6 is 0 Å². The van der Waals surface area contributed by atoms with Crippen LogP contribution in [0.25, 0.3) is 0 Å². The number of hydrogen-bond acceptors (Lipinski definition) is 7. The highest BCUT2D eigenvalue weighted by Crippen LogP contribution is 2.43. The van der Waals surface area contributed by atoms with Gasteiger partial charge in [0.1, 0.15) is 12.0 Å². The number of aryl methyl sites for hydroxylation is 1. The fraction of sp³-hybridized carbons (Fsp3) is 0.682. The van der Waals surface area contributed by atoms with Crippen molar-refractivity contribution in [3.05, 3.63) is 35.7 Å². The molecular weight excluding hydrogens is 396 g/mol. The highest BCUT2D eigenvalue weighted by atomic mass is 16.5. The van der Waals surface area contributed by atoms with E-state index < -0.39 is 0 Å². The number of nitrogens with zero attached hydrogens (tertiary/aromatic N) is 6. The second kappa shape index (κ2) is 8.63. The molecule has 2 aromatic rings. The summed E-state index contributed by atoms with van der Waals surface area (Å²) >= 11 is 0. The van der Waals surface area contributed by atoms with Crippen molar-refractivity contribution in [1.29, 1.82) is 0 Å². The van der Waals surface area contributed by atoms with Crippen molar-refractivity contribution in [2.24, 2.45) is 17.8 Å². The average Bonchev–Trinajstić information content (AvgIpc) is 3.32. The highest BCUT2D eigenvalue weighted by molar-refractivity contribution is 5.95. The SMILES string of the molecule is COCc1cn([C@@H]2C[C@@H]3CN(C(=O)c4cncnc4C)C[C@@H]3C[C@H]2OCC2CC2)nn1. The maximum Gasteiger partial charge on any atom is 0.257 e. The first-order chi connectivity index (χ1) is 15.1. The van der Waals surface area contributed by atoms with E-state index in [0.717, 1.165) is 43.9 Å². The van der Waals surface area contributed by atoms with E-state index in [4.69, 9.17) is 9.47 Å². The predicted octanol–water partition coefficient (Wildman–Crippen LogP) is 2.04. The first-order valence-electron chi connectivity index (χ1n) is 11.2. The number of ether oxygens (including phenoxy) is 2. The Morgan fingerprint density at radius 1 is 1.23 bits per heavy atom. The molecule has 0 radical (unpaired) electrons. The zero-order valence-corrected chi connectivity index (χ0v) is 18.2. The molecule has 0 bridgehead atoms. The van der Waals surface area contributed by atoms with Gasteiger partial charge in [-0.15, -0.1) is 5.10 Å². The van der Waals surface area contributed by atoms with Crippen LogP contribution in [0.1, 0.15) is 53.5 Å². The quantitative estimate of drug-likeness (QED) is 0.668. The Labute approximate surface area is 182 Å². The molecule has 2 saturated carbocycles. The largest absolute Gasteiger partial charge is 0.378 e. The summed E-state index contributed by atoms with van der Waals surface area (Å²) in [5.74, 6) is 1.61. The predicted molar refractivity (Wildman–Crippen MR) is 111 cm³/mol. The Morgan fingerprint density at radius 3 is 2.77 bits per heavy atom. The molecule has 166 valence electrons. The van der Waals surface area contributed by atoms with Crippen LogP contribution < -0.4 is 0 Å². The number of carbonyl (C=O) groups is 1. The third-order valence-corrected chi connectivity index (χ3v) is 6.95. The van der Waals surface area contributed by atoms with E-state index in [1.54, 1.807) is 13.3 Å². The van der Waals surface area contributed by atoms with Crippen LogP contribution in [-0.4, -0.2) is 68.7 Å². The van der Waals surface area contributed by atoms with Gasteiger partial charge in [0.05, 0.1) is 36.2 Å². The Morgan fingerprint density at radius 2 is 2.03 bits per heavy atom. The number of amides is 1. The highest BCUT2D eigenvalue weighted by Gasteiger charge is 2.45. The molecule has 0 unspecified atom stereocenters. The summed E-state index contributed by atoms with van der Waals surface area (Å²) in [6.45, 7) is 4.65. The van der Waals surface area contributed by atoms with Gasteiger partial charge in [-0.05, 0) is 50.4 Å². The summed E-state index contributed by atoms with van der Waals surface area (Å²) in [7, 11) is 1.66. The van der Waals surface area contributed by atoms with E-state index in [2.05, 4.69) is 20.3 Å². The summed E-state index contributed by atoms with van der Waals surface area (Å²) in [6, 6.07) is 0.134. The van der Waals surface area contributed by atoms with Crippen LogP contribution in [0.3, 0.4) is 0 Å². The molecule has 2 aromatic heterocycles. The monoisotopic (exact) mass is 426 g/mol. The van der Waals surface area contributed by atoms with E-state index >= 15 is 0 Å². The molecule has 3 aliphatic rings. The Balaban J connectivity index is 1.32. The van der Waals surface area contributed by atoms with Gasteiger partial charge in [-0.25, -0.2) is 14.6 Å². The third kappa shape index (κ3) is 4.34. The molecule has 3 heterocycles. The molecule has 0 aromatic carbocycles. The smallest absolute Gasteiger partial charge is 0.257 e. The molecule has 4 atom stereocenters. The summed E-state index contributed by atoms with van der Waals surface area (Å²) in [4.78, 5) is 23.3. The summed E-state index contributed by atoms with van der Waals surface area (Å²) < 4.78 is 13.6. The van der Waals surface area contributed by atoms with Gasteiger partial charge < -0.3 is 14.4 Å². The number of fused-ring (bicyclic) bond motifs is 1. The van der Waals surface area contributed by atoms with E-state index in [1.165, 1.54) is 19.2 Å². The Hall–Kier alpha value is -2.39. The minimum absolute atomic E-state index is 0.0302. The first kappa shape index (κ1) is 20.5. The van der Waals surface area contributed by atoms with Crippen LogP contribution in [0.2, 0.25) is 0 Å². The summed E-state index contributed by atoms with van der Waals surface area (Å²) in [5.41, 5.74) is 2.15. The van der Waals surface area contributed by atoms with E-state index in [1.807, 2.05) is 22.7 Å². The summed E-state index contributed by atoms with van der Waals surface area (Å²) in [6.07, 6.45) is 9.60. The molecular formula is C22H30N6O3. The molecule has 9 heteroatoms. The van der Waals surface area contributed by atoms with Gasteiger partial charge in [-0.2, -0.15) is 0 Å². The number of aromatic nitrogens is 5. The van der Waals surface area contributed by atoms with E-state index in [0.29, 0.717) is 29.9 Å². The second-order valence-corrected chi connectivity index (χ2v) is 9.23. The fourth-order valence-electron chi connectivity index (χ4n) is 5.02. The zero-order valence-electron chi connectivity index (χ0n) is 18.2. The third-order valence-electron chi connectivity index (χ3n) is 6.95. The van der Waals surface area contributed by atoms with Crippen LogP contribution in [0.5, 0.6) is 0 Å². The van der Waals surface area contributed by atoms with Gasteiger partial charge in [0.25, 0.3) is 5.91 Å². The van der Waals surface area contributed by atoms with Crippen LogP contribution in [0, 0.1) is 24.7 Å². The van der Waals surface area contributed by atoms with Crippen molar-refractivity contribution >= 4 is 5.91 Å². The molecule has 9 nitrogen and oxygen atoms in total. The number of methoxy groups -OCH3 is 1. The standard InChI is InChI=1S/C22H30N6O3/c1-14-19(7-23-13-24-14)22(29)27-8-16-5-20(28-10-18(12-30-2)25-26-28)21(6-17(16)9-27)31-11-15-3-4-15/h7,10,13,15-17,20-21H,3-6,8-9,11-12H2,1-2H3/t16-,17+,20-,21-/m1/s1. The van der Waals surface area contributed by atoms with Crippen LogP contribution in [0.15, 0.2) is 18.7 Å². The molecule has 5 rings (SSSR count). The zero-order chi connectivity index (χ0) is 21.4. The molecule has 3 fully saturated rings. The molecule has 0 N–H and O–H groups in total. The lowest BCUT2D eigenvalue weighted by atomic mass is 9.77.